The highest BCUT2D eigenvalue weighted by Gasteiger charge is 2.21. The number of nitrogens with zero attached hydrogens (tertiary/aromatic N) is 2. The van der Waals surface area contributed by atoms with Gasteiger partial charge in [0.25, 0.3) is 0 Å². The molecule has 0 radical (unpaired) electrons. The number of hydrogen-bond donors (Lipinski definition) is 3. The fourth-order valence-corrected chi connectivity index (χ4v) is 3.25. The smallest absolute Gasteiger partial charge is 0.243 e. The number of rotatable bonds is 8. The Labute approximate surface area is 184 Å². The van der Waals surface area contributed by atoms with E-state index in [1.807, 2.05) is 26.0 Å². The van der Waals surface area contributed by atoms with E-state index in [0.29, 0.717) is 11.5 Å². The molecule has 2 rings (SSSR count). The minimum atomic E-state index is -0.643. The molecule has 0 saturated heterocycles. The van der Waals surface area contributed by atoms with Crippen molar-refractivity contribution in [2.75, 3.05) is 18.2 Å². The maximum absolute atomic E-state index is 12.2. The monoisotopic (exact) mass is 513 g/mol. The van der Waals surface area contributed by atoms with Crippen LogP contribution < -0.4 is 26.3 Å². The zero-order chi connectivity index (χ0) is 21.7. The molecule has 2 aromatic rings. The van der Waals surface area contributed by atoms with Gasteiger partial charge in [0.2, 0.25) is 11.9 Å². The minimum Gasteiger partial charge on any atom is -0.496 e. The number of nitrogen functional groups attached to an aromatic ring is 1. The molecule has 1 aromatic carbocycles. The molecule has 0 bridgehead atoms. The van der Waals surface area contributed by atoms with Crippen molar-refractivity contribution < 1.29 is 14.3 Å². The first-order valence-electron chi connectivity index (χ1n) is 9.42. The molecule has 0 saturated carbocycles. The molecule has 0 aliphatic carbocycles. The average molecular weight is 513 g/mol. The molecule has 29 heavy (non-hydrogen) atoms. The van der Waals surface area contributed by atoms with Gasteiger partial charge in [-0.25, -0.2) is 4.98 Å². The van der Waals surface area contributed by atoms with Gasteiger partial charge >= 0.3 is 0 Å². The van der Waals surface area contributed by atoms with Gasteiger partial charge in [-0.15, -0.1) is 0 Å². The van der Waals surface area contributed by atoms with Gasteiger partial charge < -0.3 is 20.9 Å². The minimum absolute atomic E-state index is 0.0435. The molecule has 9 heteroatoms. The maximum atomic E-state index is 12.2. The number of ether oxygens (including phenoxy) is 2. The lowest BCUT2D eigenvalue weighted by atomic mass is 10.00. The van der Waals surface area contributed by atoms with Crippen LogP contribution in [0, 0.1) is 9.49 Å². The number of anilines is 2. The fourth-order valence-electron chi connectivity index (χ4n) is 2.59. The Kier molecular flexibility index (Phi) is 8.03. The first-order valence-corrected chi connectivity index (χ1v) is 10.5. The number of carbonyl (C=O) groups is 1. The van der Waals surface area contributed by atoms with Crippen molar-refractivity contribution >= 4 is 40.3 Å². The summed E-state index contributed by atoms with van der Waals surface area (Å²) in [6.45, 7) is 8.02. The molecule has 1 amide bonds. The molecule has 0 aliphatic heterocycles. The number of halogens is 1. The van der Waals surface area contributed by atoms with E-state index in [1.54, 1.807) is 7.11 Å². The Bertz CT molecular complexity index is 875. The highest BCUT2D eigenvalue weighted by molar-refractivity contribution is 14.1. The summed E-state index contributed by atoms with van der Waals surface area (Å²) in [6, 6.07) is 3.19. The Morgan fingerprint density at radius 2 is 1.93 bits per heavy atom. The third-order valence-electron chi connectivity index (χ3n) is 4.70. The van der Waals surface area contributed by atoms with Gasteiger partial charge in [-0.2, -0.15) is 4.98 Å². The zero-order valence-electron chi connectivity index (χ0n) is 17.3. The van der Waals surface area contributed by atoms with Crippen molar-refractivity contribution in [1.29, 1.82) is 0 Å². The van der Waals surface area contributed by atoms with Crippen molar-refractivity contribution in [1.82, 2.24) is 9.97 Å². The topological polar surface area (TPSA) is 125 Å². The van der Waals surface area contributed by atoms with E-state index >= 15 is 0 Å². The van der Waals surface area contributed by atoms with E-state index in [4.69, 9.17) is 20.9 Å². The Morgan fingerprint density at radius 3 is 2.48 bits per heavy atom. The van der Waals surface area contributed by atoms with Gasteiger partial charge in [0.15, 0.2) is 11.6 Å². The largest absolute Gasteiger partial charge is 0.496 e. The van der Waals surface area contributed by atoms with E-state index in [9.17, 15) is 4.79 Å². The van der Waals surface area contributed by atoms with Gasteiger partial charge in [-0.05, 0) is 46.6 Å². The van der Waals surface area contributed by atoms with Crippen molar-refractivity contribution in [3.8, 4) is 17.2 Å². The van der Waals surface area contributed by atoms with E-state index < -0.39 is 6.04 Å². The van der Waals surface area contributed by atoms with Crippen LogP contribution in [0.15, 0.2) is 18.3 Å². The Hall–Kier alpha value is -2.14. The van der Waals surface area contributed by atoms with Crippen LogP contribution in [0.2, 0.25) is 0 Å². The summed E-state index contributed by atoms with van der Waals surface area (Å²) in [5.74, 6) is 1.84. The predicted molar refractivity (Wildman–Crippen MR) is 122 cm³/mol. The molecule has 0 unspecified atom stereocenters. The summed E-state index contributed by atoms with van der Waals surface area (Å²) < 4.78 is 12.3. The molecule has 2 atom stereocenters. The summed E-state index contributed by atoms with van der Waals surface area (Å²) in [6.07, 6.45) is 2.23. The van der Waals surface area contributed by atoms with Gasteiger partial charge in [0.1, 0.15) is 11.5 Å². The molecule has 158 valence electrons. The van der Waals surface area contributed by atoms with E-state index in [-0.39, 0.29) is 29.5 Å². The summed E-state index contributed by atoms with van der Waals surface area (Å²) in [7, 11) is 1.63. The second kappa shape index (κ2) is 10.1. The van der Waals surface area contributed by atoms with Crippen LogP contribution in [0.5, 0.6) is 17.2 Å². The summed E-state index contributed by atoms with van der Waals surface area (Å²) >= 11 is 2.18. The van der Waals surface area contributed by atoms with Crippen LogP contribution in [-0.2, 0) is 4.79 Å². The molecule has 8 nitrogen and oxygen atoms in total. The van der Waals surface area contributed by atoms with Gasteiger partial charge in [0, 0.05) is 5.56 Å². The van der Waals surface area contributed by atoms with Crippen molar-refractivity contribution in [2.45, 2.75) is 46.1 Å². The summed E-state index contributed by atoms with van der Waals surface area (Å²) in [5.41, 5.74) is 13.0. The highest BCUT2D eigenvalue weighted by atomic mass is 127. The van der Waals surface area contributed by atoms with E-state index in [2.05, 4.69) is 51.7 Å². The molecule has 1 aromatic heterocycles. The number of nitrogens with one attached hydrogen (secondary N) is 1. The standard InChI is InChI=1S/C20H28IN5O3/c1-6-11(4)17(22)19(27)26-20-24-9-16(18(23)25-20)29-14-8-13(21)15(28-5)7-12(14)10(2)3/h7-11,17H,6,22H2,1-5H3,(H3,23,24,25,26,27)/t11-,17-/m1/s1. The van der Waals surface area contributed by atoms with Crippen LogP contribution in [0.4, 0.5) is 11.8 Å². The summed E-state index contributed by atoms with van der Waals surface area (Å²) in [4.78, 5) is 20.5. The predicted octanol–water partition coefficient (Wildman–Crippen LogP) is 3.90. The van der Waals surface area contributed by atoms with Crippen molar-refractivity contribution in [2.24, 2.45) is 11.7 Å². The SMILES string of the molecule is CC[C@@H](C)[C@@H](N)C(=O)Nc1ncc(Oc2cc(I)c(OC)cc2C(C)C)c(N)n1. The van der Waals surface area contributed by atoms with Gasteiger partial charge in [-0.3, -0.25) is 10.1 Å². The van der Waals surface area contributed by atoms with Gasteiger partial charge in [-0.1, -0.05) is 34.1 Å². The van der Waals surface area contributed by atoms with Crippen LogP contribution in [0.3, 0.4) is 0 Å². The number of carbonyl (C=O) groups excluding carboxylic acids is 1. The number of methoxy groups -OCH3 is 1. The molecule has 0 spiro atoms. The van der Waals surface area contributed by atoms with E-state index in [1.165, 1.54) is 6.20 Å². The van der Waals surface area contributed by atoms with Crippen LogP contribution in [-0.4, -0.2) is 29.0 Å². The van der Waals surface area contributed by atoms with Crippen LogP contribution >= 0.6 is 22.6 Å². The molecule has 5 N–H and O–H groups in total. The van der Waals surface area contributed by atoms with Crippen molar-refractivity contribution in [3.05, 3.63) is 27.5 Å². The molecular weight excluding hydrogens is 485 g/mol. The lowest BCUT2D eigenvalue weighted by Gasteiger charge is -2.18. The fraction of sp³-hybridized carbons (Fsp3) is 0.450. The Morgan fingerprint density at radius 1 is 1.24 bits per heavy atom. The second-order valence-electron chi connectivity index (χ2n) is 7.13. The first kappa shape index (κ1) is 23.1. The third-order valence-corrected chi connectivity index (χ3v) is 5.55. The van der Waals surface area contributed by atoms with Gasteiger partial charge in [0.05, 0.1) is 22.9 Å². The summed E-state index contributed by atoms with van der Waals surface area (Å²) in [5, 5.41) is 2.60. The number of nitrogens with two attached hydrogens (primary N) is 2. The van der Waals surface area contributed by atoms with Crippen molar-refractivity contribution in [3.63, 3.8) is 0 Å². The second-order valence-corrected chi connectivity index (χ2v) is 8.29. The van der Waals surface area contributed by atoms with Crippen LogP contribution in [0.1, 0.15) is 45.6 Å². The third kappa shape index (κ3) is 5.69. The highest BCUT2D eigenvalue weighted by Crippen LogP contribution is 2.37. The number of hydrogen-bond acceptors (Lipinski definition) is 7. The molecule has 1 heterocycles. The zero-order valence-corrected chi connectivity index (χ0v) is 19.5. The van der Waals surface area contributed by atoms with E-state index in [0.717, 1.165) is 21.3 Å². The average Bonchev–Trinajstić information content (AvgIpc) is 2.68. The normalized spacial score (nSPS) is 13.1. The molecule has 0 aliphatic rings. The molecule has 0 fully saturated rings. The quantitative estimate of drug-likeness (QED) is 0.457. The molecular formula is C20H28IN5O3. The lowest BCUT2D eigenvalue weighted by molar-refractivity contribution is -0.118. The van der Waals surface area contributed by atoms with Crippen LogP contribution in [0.25, 0.3) is 0 Å². The number of benzene rings is 1. The number of aromatic nitrogens is 2. The maximum Gasteiger partial charge on any atom is 0.243 e. The first-order chi connectivity index (χ1) is 13.7. The Balaban J connectivity index is 2.24. The number of amides is 1. The lowest BCUT2D eigenvalue weighted by Crippen LogP contribution is -2.41.